The summed E-state index contributed by atoms with van der Waals surface area (Å²) in [6.07, 6.45) is -2.21. The number of rotatable bonds is 4. The van der Waals surface area contributed by atoms with Crippen LogP contribution < -0.4 is 11.1 Å². The highest BCUT2D eigenvalue weighted by atomic mass is 16.4. The van der Waals surface area contributed by atoms with Crippen LogP contribution in [0.15, 0.2) is 42.5 Å². The molecule has 20 heavy (non-hydrogen) atoms. The van der Waals surface area contributed by atoms with E-state index in [2.05, 4.69) is 10.3 Å². The number of amides is 1. The van der Waals surface area contributed by atoms with Crippen molar-refractivity contribution in [2.24, 2.45) is 0 Å². The average molecular weight is 273 g/mol. The second kappa shape index (κ2) is 6.03. The summed E-state index contributed by atoms with van der Waals surface area (Å²) in [4.78, 5) is 14.7. The minimum Gasteiger partial charge on any atom is -0.465 e. The number of aliphatic hydroxyl groups is 1. The quantitative estimate of drug-likeness (QED) is 0.677. The van der Waals surface area contributed by atoms with Gasteiger partial charge in [0.1, 0.15) is 6.10 Å². The van der Waals surface area contributed by atoms with Gasteiger partial charge in [0.15, 0.2) is 0 Å². The standard InChI is InChI=1S/C14H15N3O3/c15-10-6-7-11(12(18)8-16-14(19)20)17-13(10)9-4-2-1-3-5-9/h1-7,12,16,18H,8,15H2,(H,19,20). The van der Waals surface area contributed by atoms with Crippen LogP contribution in [-0.4, -0.2) is 27.8 Å². The van der Waals surface area contributed by atoms with Gasteiger partial charge in [0, 0.05) is 5.56 Å². The number of pyridine rings is 1. The van der Waals surface area contributed by atoms with Gasteiger partial charge in [-0.25, -0.2) is 9.78 Å². The molecule has 1 aromatic heterocycles. The zero-order valence-electron chi connectivity index (χ0n) is 10.7. The van der Waals surface area contributed by atoms with Crippen LogP contribution in [0.4, 0.5) is 10.5 Å². The minimum absolute atomic E-state index is 0.125. The predicted octanol–water partition coefficient (Wildman–Crippen LogP) is 1.63. The first-order valence-electron chi connectivity index (χ1n) is 6.04. The fourth-order valence-electron chi connectivity index (χ4n) is 1.79. The summed E-state index contributed by atoms with van der Waals surface area (Å²) in [5, 5.41) is 20.5. The van der Waals surface area contributed by atoms with Gasteiger partial charge in [0.2, 0.25) is 0 Å². The summed E-state index contributed by atoms with van der Waals surface area (Å²) in [5.41, 5.74) is 8.16. The van der Waals surface area contributed by atoms with Crippen molar-refractivity contribution in [3.63, 3.8) is 0 Å². The van der Waals surface area contributed by atoms with Crippen LogP contribution >= 0.6 is 0 Å². The molecule has 1 atom stereocenters. The molecule has 0 aliphatic carbocycles. The third-order valence-electron chi connectivity index (χ3n) is 2.78. The summed E-state index contributed by atoms with van der Waals surface area (Å²) in [6.45, 7) is -0.125. The minimum atomic E-state index is -1.19. The van der Waals surface area contributed by atoms with Crippen LogP contribution in [-0.2, 0) is 0 Å². The molecule has 0 aliphatic heterocycles. The molecule has 0 saturated carbocycles. The van der Waals surface area contributed by atoms with Crippen molar-refractivity contribution >= 4 is 11.8 Å². The SMILES string of the molecule is Nc1ccc(C(O)CNC(=O)O)nc1-c1ccccc1. The van der Waals surface area contributed by atoms with Gasteiger partial charge < -0.3 is 21.3 Å². The first-order chi connectivity index (χ1) is 9.58. The van der Waals surface area contributed by atoms with Gasteiger partial charge in [0.25, 0.3) is 0 Å². The van der Waals surface area contributed by atoms with Crippen molar-refractivity contribution in [3.8, 4) is 11.3 Å². The van der Waals surface area contributed by atoms with E-state index in [0.717, 1.165) is 5.56 Å². The lowest BCUT2D eigenvalue weighted by atomic mass is 10.1. The number of carboxylic acid groups (broad SMARTS) is 1. The molecule has 2 rings (SSSR count). The molecule has 104 valence electrons. The molecule has 0 spiro atoms. The fraction of sp³-hybridized carbons (Fsp3) is 0.143. The van der Waals surface area contributed by atoms with Crippen molar-refractivity contribution in [2.75, 3.05) is 12.3 Å². The molecule has 1 heterocycles. The average Bonchev–Trinajstić information content (AvgIpc) is 2.46. The number of anilines is 1. The Bertz CT molecular complexity index is 602. The fourth-order valence-corrected chi connectivity index (χ4v) is 1.79. The number of carbonyl (C=O) groups is 1. The Balaban J connectivity index is 2.27. The van der Waals surface area contributed by atoms with Gasteiger partial charge in [-0.15, -0.1) is 0 Å². The molecule has 6 nitrogen and oxygen atoms in total. The van der Waals surface area contributed by atoms with E-state index in [1.54, 1.807) is 12.1 Å². The van der Waals surface area contributed by atoms with Gasteiger partial charge >= 0.3 is 6.09 Å². The molecule has 1 aromatic carbocycles. The molecule has 0 saturated heterocycles. The highest BCUT2D eigenvalue weighted by Crippen LogP contribution is 2.25. The summed E-state index contributed by atoms with van der Waals surface area (Å²) in [5.74, 6) is 0. The van der Waals surface area contributed by atoms with E-state index in [1.807, 2.05) is 30.3 Å². The summed E-state index contributed by atoms with van der Waals surface area (Å²) in [7, 11) is 0. The second-order valence-electron chi connectivity index (χ2n) is 4.24. The van der Waals surface area contributed by atoms with E-state index in [1.165, 1.54) is 0 Å². The lowest BCUT2D eigenvalue weighted by molar-refractivity contribution is 0.156. The predicted molar refractivity (Wildman–Crippen MR) is 75.1 cm³/mol. The number of hydrogen-bond acceptors (Lipinski definition) is 4. The lowest BCUT2D eigenvalue weighted by Gasteiger charge is -2.13. The number of nitrogens with zero attached hydrogens (tertiary/aromatic N) is 1. The number of aromatic nitrogens is 1. The summed E-state index contributed by atoms with van der Waals surface area (Å²) < 4.78 is 0. The molecule has 1 amide bonds. The van der Waals surface area contributed by atoms with Crippen LogP contribution in [0.25, 0.3) is 11.3 Å². The van der Waals surface area contributed by atoms with Gasteiger partial charge in [-0.05, 0) is 12.1 Å². The van der Waals surface area contributed by atoms with Crippen LogP contribution in [0, 0.1) is 0 Å². The third kappa shape index (κ3) is 3.24. The van der Waals surface area contributed by atoms with Gasteiger partial charge in [-0.1, -0.05) is 30.3 Å². The zero-order valence-corrected chi connectivity index (χ0v) is 10.7. The van der Waals surface area contributed by atoms with Crippen LogP contribution in [0.2, 0.25) is 0 Å². The highest BCUT2D eigenvalue weighted by Gasteiger charge is 2.13. The zero-order chi connectivity index (χ0) is 14.5. The Morgan fingerprint density at radius 1 is 1.25 bits per heavy atom. The van der Waals surface area contributed by atoms with E-state index >= 15 is 0 Å². The van der Waals surface area contributed by atoms with Crippen molar-refractivity contribution in [1.29, 1.82) is 0 Å². The maximum Gasteiger partial charge on any atom is 0.404 e. The maximum atomic E-state index is 10.4. The highest BCUT2D eigenvalue weighted by molar-refractivity contribution is 5.72. The molecular weight excluding hydrogens is 258 g/mol. The molecule has 0 radical (unpaired) electrons. The second-order valence-corrected chi connectivity index (χ2v) is 4.24. The van der Waals surface area contributed by atoms with Gasteiger partial charge in [0.05, 0.1) is 23.6 Å². The van der Waals surface area contributed by atoms with Crippen molar-refractivity contribution in [3.05, 3.63) is 48.2 Å². The Morgan fingerprint density at radius 3 is 2.60 bits per heavy atom. The first-order valence-corrected chi connectivity index (χ1v) is 6.04. The van der Waals surface area contributed by atoms with Gasteiger partial charge in [-0.3, -0.25) is 0 Å². The van der Waals surface area contributed by atoms with E-state index in [0.29, 0.717) is 17.1 Å². The number of nitrogens with one attached hydrogen (secondary N) is 1. The number of nitrogen functional groups attached to an aromatic ring is 1. The maximum absolute atomic E-state index is 10.4. The summed E-state index contributed by atoms with van der Waals surface area (Å²) >= 11 is 0. The van der Waals surface area contributed by atoms with Crippen LogP contribution in [0.1, 0.15) is 11.8 Å². The topological polar surface area (TPSA) is 108 Å². The molecule has 2 aromatic rings. The normalized spacial score (nSPS) is 11.8. The van der Waals surface area contributed by atoms with Crippen molar-refractivity contribution < 1.29 is 15.0 Å². The Morgan fingerprint density at radius 2 is 1.95 bits per heavy atom. The molecule has 0 bridgehead atoms. The molecule has 1 unspecified atom stereocenters. The van der Waals surface area contributed by atoms with E-state index in [9.17, 15) is 9.90 Å². The molecular formula is C14H15N3O3. The van der Waals surface area contributed by atoms with E-state index in [-0.39, 0.29) is 6.54 Å². The number of aliphatic hydroxyl groups excluding tert-OH is 1. The molecule has 0 fully saturated rings. The van der Waals surface area contributed by atoms with E-state index < -0.39 is 12.2 Å². The summed E-state index contributed by atoms with van der Waals surface area (Å²) in [6, 6.07) is 12.6. The molecule has 0 aliphatic rings. The number of benzene rings is 1. The van der Waals surface area contributed by atoms with Crippen LogP contribution in [0.5, 0.6) is 0 Å². The number of hydrogen-bond donors (Lipinski definition) is 4. The van der Waals surface area contributed by atoms with Crippen molar-refractivity contribution in [1.82, 2.24) is 10.3 Å². The van der Waals surface area contributed by atoms with E-state index in [4.69, 9.17) is 10.8 Å². The Hall–Kier alpha value is -2.60. The van der Waals surface area contributed by atoms with Crippen LogP contribution in [0.3, 0.4) is 0 Å². The van der Waals surface area contributed by atoms with Gasteiger partial charge in [-0.2, -0.15) is 0 Å². The monoisotopic (exact) mass is 273 g/mol. The lowest BCUT2D eigenvalue weighted by Crippen LogP contribution is -2.27. The Kier molecular flexibility index (Phi) is 4.17. The first kappa shape index (κ1) is 13.8. The largest absolute Gasteiger partial charge is 0.465 e. The number of nitrogens with two attached hydrogens (primary N) is 1. The van der Waals surface area contributed by atoms with Crippen molar-refractivity contribution in [2.45, 2.75) is 6.10 Å². The Labute approximate surface area is 115 Å². The third-order valence-corrected chi connectivity index (χ3v) is 2.78. The molecule has 5 N–H and O–H groups in total. The molecule has 6 heteroatoms. The smallest absolute Gasteiger partial charge is 0.404 e.